The van der Waals surface area contributed by atoms with Crippen LogP contribution in [0.2, 0.25) is 0 Å². The summed E-state index contributed by atoms with van der Waals surface area (Å²) in [6, 6.07) is 64.5. The molecule has 0 aliphatic carbocycles. The van der Waals surface area contributed by atoms with Gasteiger partial charge >= 0.3 is 0 Å². The highest BCUT2D eigenvalue weighted by Gasteiger charge is 2.19. The van der Waals surface area contributed by atoms with Crippen molar-refractivity contribution in [3.8, 4) is 79.2 Å². The van der Waals surface area contributed by atoms with Crippen LogP contribution in [0.1, 0.15) is 0 Å². The van der Waals surface area contributed by atoms with Crippen LogP contribution in [-0.2, 0) is 0 Å². The summed E-state index contributed by atoms with van der Waals surface area (Å²) in [6.45, 7) is 0. The van der Waals surface area contributed by atoms with Gasteiger partial charge in [0.15, 0.2) is 23.3 Å². The summed E-state index contributed by atoms with van der Waals surface area (Å²) >= 11 is 1.78. The van der Waals surface area contributed by atoms with Crippen molar-refractivity contribution in [2.75, 3.05) is 0 Å². The van der Waals surface area contributed by atoms with Crippen molar-refractivity contribution in [1.29, 1.82) is 0 Å². The minimum atomic E-state index is 0.621. The third-order valence-electron chi connectivity index (χ3n) is 9.73. The van der Waals surface area contributed by atoms with Gasteiger partial charge in [-0.1, -0.05) is 158 Å². The van der Waals surface area contributed by atoms with Crippen molar-refractivity contribution < 1.29 is 0 Å². The summed E-state index contributed by atoms with van der Waals surface area (Å²) < 4.78 is 2.39. The molecule has 3 heterocycles. The first-order chi connectivity index (χ1) is 27.2. The van der Waals surface area contributed by atoms with Gasteiger partial charge < -0.3 is 0 Å². The molecule has 0 saturated carbocycles. The lowest BCUT2D eigenvalue weighted by Gasteiger charge is -2.13. The molecule has 5 nitrogen and oxygen atoms in total. The third kappa shape index (κ3) is 6.35. The van der Waals surface area contributed by atoms with Crippen molar-refractivity contribution in [2.45, 2.75) is 0 Å². The normalized spacial score (nSPS) is 11.3. The van der Waals surface area contributed by atoms with E-state index in [2.05, 4.69) is 91.0 Å². The molecule has 55 heavy (non-hydrogen) atoms. The fourth-order valence-electron chi connectivity index (χ4n) is 7.06. The predicted molar refractivity (Wildman–Crippen MR) is 226 cm³/mol. The van der Waals surface area contributed by atoms with Crippen LogP contribution in [0.25, 0.3) is 99.4 Å². The van der Waals surface area contributed by atoms with E-state index in [9.17, 15) is 0 Å². The minimum Gasteiger partial charge on any atom is -0.228 e. The molecule has 0 spiro atoms. The third-order valence-corrected chi connectivity index (χ3v) is 10.9. The van der Waals surface area contributed by atoms with Gasteiger partial charge in [-0.15, -0.1) is 11.3 Å². The summed E-state index contributed by atoms with van der Waals surface area (Å²) in [5.74, 6) is 2.56. The van der Waals surface area contributed by atoms with E-state index in [0.29, 0.717) is 23.3 Å². The van der Waals surface area contributed by atoms with E-state index in [0.717, 1.165) is 60.6 Å². The first kappa shape index (κ1) is 32.5. The van der Waals surface area contributed by atoms with E-state index in [1.165, 1.54) is 15.5 Å². The summed E-state index contributed by atoms with van der Waals surface area (Å²) in [6.07, 6.45) is 0. The molecule has 0 aliphatic heterocycles. The van der Waals surface area contributed by atoms with Gasteiger partial charge in [-0.3, -0.25) is 0 Å². The molecule has 0 atom stereocenters. The monoisotopic (exact) mass is 721 g/mol. The van der Waals surface area contributed by atoms with E-state index in [1.54, 1.807) is 11.3 Å². The van der Waals surface area contributed by atoms with Crippen LogP contribution in [-0.4, -0.2) is 24.9 Å². The Balaban J connectivity index is 1.18. The number of aromatic nitrogens is 5. The van der Waals surface area contributed by atoms with Gasteiger partial charge in [-0.05, 0) is 41.5 Å². The molecule has 3 aromatic heterocycles. The number of rotatable bonds is 7. The highest BCUT2D eigenvalue weighted by atomic mass is 32.1. The van der Waals surface area contributed by atoms with Crippen molar-refractivity contribution in [2.24, 2.45) is 0 Å². The quantitative estimate of drug-likeness (QED) is 0.164. The van der Waals surface area contributed by atoms with Crippen LogP contribution in [0.4, 0.5) is 0 Å². The highest BCUT2D eigenvalue weighted by molar-refractivity contribution is 7.26. The molecule has 0 N–H and O–H groups in total. The van der Waals surface area contributed by atoms with Crippen LogP contribution in [0.5, 0.6) is 0 Å². The molecule has 0 radical (unpaired) electrons. The predicted octanol–water partition coefficient (Wildman–Crippen LogP) is 12.7. The van der Waals surface area contributed by atoms with Gasteiger partial charge in [0.2, 0.25) is 0 Å². The fourth-order valence-corrected chi connectivity index (χ4v) is 8.24. The van der Waals surface area contributed by atoms with E-state index in [-0.39, 0.29) is 0 Å². The SMILES string of the molecule is c1ccc(-c2cc(-c3ccccc3)nc(-c3cccc(-c4cc(-c5nc(-c6ccccc6)nc(-c6ccccc6)n5)cc5sc6ccccc6c45)c3)n2)cc1. The van der Waals surface area contributed by atoms with Gasteiger partial charge in [-0.25, -0.2) is 24.9 Å². The average molecular weight is 722 g/mol. The largest absolute Gasteiger partial charge is 0.228 e. The molecule has 0 aliphatic rings. The Morgan fingerprint density at radius 2 is 0.745 bits per heavy atom. The Morgan fingerprint density at radius 1 is 0.291 bits per heavy atom. The molecule has 0 fully saturated rings. The van der Waals surface area contributed by atoms with Gasteiger partial charge in [0.25, 0.3) is 0 Å². The van der Waals surface area contributed by atoms with Crippen LogP contribution in [0, 0.1) is 0 Å². The number of fused-ring (bicyclic) bond motifs is 3. The first-order valence-corrected chi connectivity index (χ1v) is 19.0. The minimum absolute atomic E-state index is 0.621. The molecular formula is C49H31N5S. The maximum atomic E-state index is 5.14. The van der Waals surface area contributed by atoms with E-state index >= 15 is 0 Å². The lowest BCUT2D eigenvalue weighted by molar-refractivity contribution is 1.07. The van der Waals surface area contributed by atoms with Crippen LogP contribution in [0.3, 0.4) is 0 Å². The zero-order valence-electron chi connectivity index (χ0n) is 29.5. The smallest absolute Gasteiger partial charge is 0.164 e. The second-order valence-corrected chi connectivity index (χ2v) is 14.4. The summed E-state index contributed by atoms with van der Waals surface area (Å²) in [5, 5.41) is 2.42. The summed E-state index contributed by atoms with van der Waals surface area (Å²) in [4.78, 5) is 25.4. The molecule has 7 aromatic carbocycles. The standard InChI is InChI=1S/C49H31N5S/c1-5-16-32(17-6-1)41-31-42(33-18-7-2-8-19-33)51-48(50-41)37-25-15-24-36(28-37)40-29-38(30-44-45(40)39-26-13-14-27-43(39)55-44)49-53-46(34-20-9-3-10-21-34)52-47(54-49)35-22-11-4-12-23-35/h1-31H. The molecule has 10 aromatic rings. The molecule has 10 rings (SSSR count). The average Bonchev–Trinajstić information content (AvgIpc) is 3.66. The van der Waals surface area contributed by atoms with Gasteiger partial charge in [0, 0.05) is 53.6 Å². The molecule has 258 valence electrons. The van der Waals surface area contributed by atoms with E-state index in [1.807, 2.05) is 97.1 Å². The maximum Gasteiger partial charge on any atom is 0.164 e. The van der Waals surface area contributed by atoms with Crippen LogP contribution >= 0.6 is 11.3 Å². The van der Waals surface area contributed by atoms with Crippen LogP contribution in [0.15, 0.2) is 188 Å². The van der Waals surface area contributed by atoms with Crippen molar-refractivity contribution in [3.63, 3.8) is 0 Å². The molecule has 6 heteroatoms. The number of thiophene rings is 1. The molecule has 0 amide bonds. The zero-order valence-corrected chi connectivity index (χ0v) is 30.4. The topological polar surface area (TPSA) is 64.5 Å². The number of benzene rings is 7. The van der Waals surface area contributed by atoms with E-state index in [4.69, 9.17) is 24.9 Å². The second-order valence-electron chi connectivity index (χ2n) is 13.3. The summed E-state index contributed by atoms with van der Waals surface area (Å²) in [5.41, 5.74) is 9.72. The Labute approximate surface area is 322 Å². The maximum absolute atomic E-state index is 5.14. The van der Waals surface area contributed by atoms with Gasteiger partial charge in [0.1, 0.15) is 0 Å². The summed E-state index contributed by atoms with van der Waals surface area (Å²) in [7, 11) is 0. The van der Waals surface area contributed by atoms with Crippen LogP contribution < -0.4 is 0 Å². The zero-order chi connectivity index (χ0) is 36.6. The van der Waals surface area contributed by atoms with Crippen molar-refractivity contribution in [1.82, 2.24) is 24.9 Å². The van der Waals surface area contributed by atoms with Crippen molar-refractivity contribution >= 4 is 31.5 Å². The molecule has 0 bridgehead atoms. The lowest BCUT2D eigenvalue weighted by atomic mass is 9.95. The van der Waals surface area contributed by atoms with E-state index < -0.39 is 0 Å². The number of hydrogen-bond acceptors (Lipinski definition) is 6. The van der Waals surface area contributed by atoms with Gasteiger partial charge in [0.05, 0.1) is 11.4 Å². The Morgan fingerprint density at radius 3 is 1.33 bits per heavy atom. The first-order valence-electron chi connectivity index (χ1n) is 18.2. The fraction of sp³-hybridized carbons (Fsp3) is 0. The van der Waals surface area contributed by atoms with Crippen molar-refractivity contribution in [3.05, 3.63) is 188 Å². The Bertz CT molecular complexity index is 2850. The second kappa shape index (κ2) is 14.0. The Kier molecular flexibility index (Phi) is 8.28. The molecule has 0 saturated heterocycles. The molecular weight excluding hydrogens is 691 g/mol. The molecule has 0 unspecified atom stereocenters. The van der Waals surface area contributed by atoms with Gasteiger partial charge in [-0.2, -0.15) is 0 Å². The number of hydrogen-bond donors (Lipinski definition) is 0. The number of nitrogens with zero attached hydrogens (tertiary/aromatic N) is 5. The Hall–Kier alpha value is -7.15. The lowest BCUT2D eigenvalue weighted by Crippen LogP contribution is -2.00. The highest BCUT2D eigenvalue weighted by Crippen LogP contribution is 2.43.